The summed E-state index contributed by atoms with van der Waals surface area (Å²) >= 11 is 0. The van der Waals surface area contributed by atoms with Crippen molar-refractivity contribution < 1.29 is 9.59 Å². The molecule has 3 aliphatic rings. The summed E-state index contributed by atoms with van der Waals surface area (Å²) in [6, 6.07) is 17.0. The Morgan fingerprint density at radius 2 is 1.80 bits per heavy atom. The number of rotatable bonds is 4. The summed E-state index contributed by atoms with van der Waals surface area (Å²) in [6.45, 7) is 8.40. The van der Waals surface area contributed by atoms with Gasteiger partial charge in [0.05, 0.1) is 0 Å². The zero-order chi connectivity index (χ0) is 21.1. The van der Waals surface area contributed by atoms with Crippen LogP contribution in [0.5, 0.6) is 0 Å². The molecule has 4 atom stereocenters. The molecule has 2 aromatic rings. The van der Waals surface area contributed by atoms with Crippen molar-refractivity contribution in [2.75, 3.05) is 5.32 Å². The maximum absolute atomic E-state index is 13.7. The van der Waals surface area contributed by atoms with E-state index in [4.69, 9.17) is 0 Å². The second-order valence-corrected chi connectivity index (χ2v) is 9.21. The first kappa shape index (κ1) is 18.9. The molecule has 2 aromatic carbocycles. The first-order chi connectivity index (χ1) is 14.4. The highest BCUT2D eigenvalue weighted by Gasteiger charge is 2.67. The van der Waals surface area contributed by atoms with Gasteiger partial charge in [0.25, 0.3) is 0 Å². The predicted molar refractivity (Wildman–Crippen MR) is 117 cm³/mol. The van der Waals surface area contributed by atoms with Crippen molar-refractivity contribution in [3.05, 3.63) is 78.4 Å². The normalized spacial score (nSPS) is 29.5. The molecule has 0 aromatic heterocycles. The van der Waals surface area contributed by atoms with E-state index in [0.717, 1.165) is 16.8 Å². The van der Waals surface area contributed by atoms with E-state index in [9.17, 15) is 9.59 Å². The topological polar surface area (TPSA) is 61.4 Å². The highest BCUT2D eigenvalue weighted by molar-refractivity contribution is 5.99. The molecule has 5 rings (SSSR count). The van der Waals surface area contributed by atoms with E-state index < -0.39 is 17.5 Å². The van der Waals surface area contributed by atoms with Crippen LogP contribution in [0.3, 0.4) is 0 Å². The Morgan fingerprint density at radius 3 is 2.53 bits per heavy atom. The van der Waals surface area contributed by atoms with Crippen LogP contribution < -0.4 is 10.6 Å². The lowest BCUT2D eigenvalue weighted by Gasteiger charge is -2.44. The van der Waals surface area contributed by atoms with Gasteiger partial charge in [-0.25, -0.2) is 0 Å². The fourth-order valence-electron chi connectivity index (χ4n) is 5.67. The van der Waals surface area contributed by atoms with Gasteiger partial charge in [-0.2, -0.15) is 0 Å². The minimum absolute atomic E-state index is 0.0181. The van der Waals surface area contributed by atoms with Crippen molar-refractivity contribution in [1.82, 2.24) is 10.2 Å². The van der Waals surface area contributed by atoms with Crippen molar-refractivity contribution in [2.24, 2.45) is 5.41 Å². The van der Waals surface area contributed by atoms with E-state index in [1.54, 1.807) is 0 Å². The quantitative estimate of drug-likeness (QED) is 0.774. The molecule has 0 aliphatic carbocycles. The van der Waals surface area contributed by atoms with Gasteiger partial charge in [0, 0.05) is 17.5 Å². The van der Waals surface area contributed by atoms with Crippen LogP contribution in [0, 0.1) is 5.41 Å². The van der Waals surface area contributed by atoms with Crippen molar-refractivity contribution in [3.8, 4) is 0 Å². The summed E-state index contributed by atoms with van der Waals surface area (Å²) in [4.78, 5) is 28.6. The molecule has 2 saturated heterocycles. The van der Waals surface area contributed by atoms with E-state index >= 15 is 0 Å². The van der Waals surface area contributed by atoms with Crippen LogP contribution in [-0.4, -0.2) is 35.0 Å². The molecule has 2 fully saturated rings. The number of piperazine rings is 1. The third-order valence-electron chi connectivity index (χ3n) is 7.41. The Bertz CT molecular complexity index is 1030. The highest BCUT2D eigenvalue weighted by atomic mass is 16.2. The van der Waals surface area contributed by atoms with Crippen molar-refractivity contribution in [3.63, 3.8) is 0 Å². The van der Waals surface area contributed by atoms with Crippen LogP contribution >= 0.6 is 0 Å². The Kier molecular flexibility index (Phi) is 4.07. The van der Waals surface area contributed by atoms with Crippen molar-refractivity contribution >= 4 is 17.5 Å². The third-order valence-corrected chi connectivity index (χ3v) is 7.41. The molecule has 2 amide bonds. The SMILES string of the molecule is C=CC(C)(C)[C@@]12C[C@H]3C(=O)N[C@H](Cc4ccccc4)C(=O)N3[C@@H]1Nc1ccccc12. The highest BCUT2D eigenvalue weighted by Crippen LogP contribution is 2.60. The number of allylic oxidation sites excluding steroid dienone is 1. The zero-order valence-electron chi connectivity index (χ0n) is 17.4. The average molecular weight is 402 g/mol. The van der Waals surface area contributed by atoms with E-state index in [-0.39, 0.29) is 23.4 Å². The minimum Gasteiger partial charge on any atom is -0.364 e. The molecule has 0 spiro atoms. The Labute approximate surface area is 177 Å². The van der Waals surface area contributed by atoms with Gasteiger partial charge in [-0.15, -0.1) is 6.58 Å². The van der Waals surface area contributed by atoms with Gasteiger partial charge < -0.3 is 15.5 Å². The van der Waals surface area contributed by atoms with Gasteiger partial charge >= 0.3 is 0 Å². The molecule has 5 heteroatoms. The smallest absolute Gasteiger partial charge is 0.247 e. The number of carbonyl (C=O) groups is 2. The third kappa shape index (κ3) is 2.41. The van der Waals surface area contributed by atoms with E-state index in [1.165, 1.54) is 0 Å². The molecule has 0 radical (unpaired) electrons. The minimum atomic E-state index is -0.552. The second kappa shape index (κ2) is 6.46. The summed E-state index contributed by atoms with van der Waals surface area (Å²) in [5, 5.41) is 6.59. The maximum Gasteiger partial charge on any atom is 0.247 e. The Morgan fingerprint density at radius 1 is 1.10 bits per heavy atom. The molecule has 30 heavy (non-hydrogen) atoms. The zero-order valence-corrected chi connectivity index (χ0v) is 17.4. The summed E-state index contributed by atoms with van der Waals surface area (Å²) in [6.07, 6.45) is 2.76. The van der Waals surface area contributed by atoms with Gasteiger partial charge in [0.1, 0.15) is 18.2 Å². The number of para-hydroxylation sites is 1. The molecular weight excluding hydrogens is 374 g/mol. The summed E-state index contributed by atoms with van der Waals surface area (Å²) in [7, 11) is 0. The molecule has 3 aliphatic heterocycles. The first-order valence-corrected chi connectivity index (χ1v) is 10.6. The Balaban J connectivity index is 1.57. The summed E-state index contributed by atoms with van der Waals surface area (Å²) in [5.41, 5.74) is 2.51. The van der Waals surface area contributed by atoms with Gasteiger partial charge in [-0.05, 0) is 29.0 Å². The fourth-order valence-corrected chi connectivity index (χ4v) is 5.67. The van der Waals surface area contributed by atoms with Crippen LogP contribution in [0.2, 0.25) is 0 Å². The standard InChI is InChI=1S/C25H27N3O2/c1-4-24(2,3)25-15-20-21(29)26-19(14-16-10-6-5-7-11-16)22(30)28(20)23(25)27-18-13-9-8-12-17(18)25/h4-13,19-20,23,27H,1,14-15H2,2-3H3,(H,26,29)/t19-,20+,23+,25-/m1/s1. The number of hydrogen-bond donors (Lipinski definition) is 2. The molecule has 0 bridgehead atoms. The lowest BCUT2D eigenvalue weighted by molar-refractivity contribution is -0.148. The molecule has 2 N–H and O–H groups in total. The van der Waals surface area contributed by atoms with E-state index in [1.807, 2.05) is 53.4 Å². The molecule has 3 heterocycles. The number of benzene rings is 2. The van der Waals surface area contributed by atoms with Crippen LogP contribution in [0.4, 0.5) is 5.69 Å². The van der Waals surface area contributed by atoms with Gasteiger partial charge in [0.2, 0.25) is 11.8 Å². The fraction of sp³-hybridized carbons (Fsp3) is 0.360. The number of hydrogen-bond acceptors (Lipinski definition) is 3. The molecular formula is C25H27N3O2. The number of amides is 2. The molecule has 154 valence electrons. The number of nitrogens with zero attached hydrogens (tertiary/aromatic N) is 1. The number of anilines is 1. The lowest BCUT2D eigenvalue weighted by atomic mass is 9.60. The van der Waals surface area contributed by atoms with Crippen molar-refractivity contribution in [1.29, 1.82) is 0 Å². The number of fused-ring (bicyclic) bond motifs is 5. The number of carbonyl (C=O) groups excluding carboxylic acids is 2. The summed E-state index contributed by atoms with van der Waals surface area (Å²) < 4.78 is 0. The second-order valence-electron chi connectivity index (χ2n) is 9.21. The molecule has 0 saturated carbocycles. The largest absolute Gasteiger partial charge is 0.364 e. The van der Waals surface area contributed by atoms with E-state index in [2.05, 4.69) is 43.2 Å². The predicted octanol–water partition coefficient (Wildman–Crippen LogP) is 3.23. The van der Waals surface area contributed by atoms with Gasteiger partial charge in [-0.1, -0.05) is 68.5 Å². The maximum atomic E-state index is 13.7. The van der Waals surface area contributed by atoms with Gasteiger partial charge in [0.15, 0.2) is 0 Å². The van der Waals surface area contributed by atoms with Gasteiger partial charge in [-0.3, -0.25) is 9.59 Å². The Hall–Kier alpha value is -3.08. The van der Waals surface area contributed by atoms with Crippen LogP contribution in [-0.2, 0) is 21.4 Å². The first-order valence-electron chi connectivity index (χ1n) is 10.6. The number of nitrogens with one attached hydrogen (secondary N) is 2. The van der Waals surface area contributed by atoms with Crippen LogP contribution in [0.1, 0.15) is 31.4 Å². The van der Waals surface area contributed by atoms with E-state index in [0.29, 0.717) is 12.8 Å². The van der Waals surface area contributed by atoms with Crippen molar-refractivity contribution in [2.45, 2.75) is 50.4 Å². The average Bonchev–Trinajstić information content (AvgIpc) is 3.26. The lowest BCUT2D eigenvalue weighted by Crippen LogP contribution is -2.64. The monoisotopic (exact) mass is 401 g/mol. The van der Waals surface area contributed by atoms with Crippen LogP contribution in [0.25, 0.3) is 0 Å². The molecule has 0 unspecified atom stereocenters. The summed E-state index contributed by atoms with van der Waals surface area (Å²) in [5.74, 6) is -0.0843. The molecule has 5 nitrogen and oxygen atoms in total. The van der Waals surface area contributed by atoms with Crippen LogP contribution in [0.15, 0.2) is 67.3 Å².